The number of rotatable bonds is 3. The van der Waals surface area contributed by atoms with Crippen LogP contribution in [0.5, 0.6) is 0 Å². The van der Waals surface area contributed by atoms with Crippen molar-refractivity contribution in [3.05, 3.63) is 76.5 Å². The predicted molar refractivity (Wildman–Crippen MR) is 99.9 cm³/mol. The van der Waals surface area contributed by atoms with E-state index >= 15 is 0 Å². The van der Waals surface area contributed by atoms with Crippen LogP contribution in [0.25, 0.3) is 22.2 Å². The number of nitrogens with zero attached hydrogens (tertiary/aromatic N) is 2. The van der Waals surface area contributed by atoms with Crippen molar-refractivity contribution >= 4 is 34.1 Å². The van der Waals surface area contributed by atoms with Crippen molar-refractivity contribution in [1.29, 1.82) is 0 Å². The van der Waals surface area contributed by atoms with E-state index in [0.717, 1.165) is 40.9 Å². The Morgan fingerprint density at radius 2 is 1.88 bits per heavy atom. The first kappa shape index (κ1) is 15.3. The molecule has 0 fully saturated rings. The number of para-hydroxylation sites is 1. The Morgan fingerprint density at radius 3 is 2.67 bits per heavy atom. The van der Waals surface area contributed by atoms with E-state index in [1.54, 1.807) is 0 Å². The van der Waals surface area contributed by atoms with Gasteiger partial charge in [0, 0.05) is 34.9 Å². The Bertz CT molecular complexity index is 937. The first-order chi connectivity index (χ1) is 11.7. The fourth-order valence-electron chi connectivity index (χ4n) is 2.92. The van der Waals surface area contributed by atoms with E-state index in [9.17, 15) is 0 Å². The summed E-state index contributed by atoms with van der Waals surface area (Å²) in [6.45, 7) is 1.54. The molecule has 0 bridgehead atoms. The van der Waals surface area contributed by atoms with Gasteiger partial charge in [-0.2, -0.15) is 0 Å². The van der Waals surface area contributed by atoms with Crippen LogP contribution in [0.15, 0.2) is 60.9 Å². The van der Waals surface area contributed by atoms with E-state index in [-0.39, 0.29) is 0 Å². The van der Waals surface area contributed by atoms with Crippen LogP contribution in [0.2, 0.25) is 10.0 Å². The highest BCUT2D eigenvalue weighted by molar-refractivity contribution is 6.35. The van der Waals surface area contributed by atoms with E-state index in [1.165, 1.54) is 0 Å². The van der Waals surface area contributed by atoms with Crippen LogP contribution < -0.4 is 5.32 Å². The number of hydrogen-bond donors (Lipinski definition) is 1. The molecule has 120 valence electrons. The fraction of sp³-hybridized carbons (Fsp3) is 0.105. The van der Waals surface area contributed by atoms with Gasteiger partial charge in [-0.3, -0.25) is 0 Å². The second-order valence-electron chi connectivity index (χ2n) is 5.71. The van der Waals surface area contributed by atoms with Crippen molar-refractivity contribution in [1.82, 2.24) is 15.2 Å². The summed E-state index contributed by atoms with van der Waals surface area (Å²) >= 11 is 12.8. The predicted octanol–water partition coefficient (Wildman–Crippen LogP) is 5.04. The van der Waals surface area contributed by atoms with Crippen LogP contribution in [0, 0.1) is 0 Å². The van der Waals surface area contributed by atoms with Crippen LogP contribution in [-0.4, -0.2) is 16.6 Å². The Hall–Kier alpha value is -2.23. The zero-order valence-corrected chi connectivity index (χ0v) is 14.3. The zero-order valence-electron chi connectivity index (χ0n) is 12.8. The van der Waals surface area contributed by atoms with E-state index in [1.807, 2.05) is 54.9 Å². The summed E-state index contributed by atoms with van der Waals surface area (Å²) in [7, 11) is 0. The summed E-state index contributed by atoms with van der Waals surface area (Å²) in [5.41, 5.74) is 3.72. The molecule has 5 heteroatoms. The van der Waals surface area contributed by atoms with Crippen molar-refractivity contribution in [2.75, 3.05) is 6.67 Å². The van der Waals surface area contributed by atoms with Crippen molar-refractivity contribution < 1.29 is 0 Å². The van der Waals surface area contributed by atoms with Gasteiger partial charge in [-0.25, -0.2) is 4.98 Å². The van der Waals surface area contributed by atoms with Crippen molar-refractivity contribution in [2.45, 2.75) is 6.54 Å². The second kappa shape index (κ2) is 6.34. The van der Waals surface area contributed by atoms with Crippen LogP contribution in [-0.2, 0) is 6.54 Å². The molecule has 2 aromatic carbocycles. The molecule has 1 N–H and O–H groups in total. The largest absolute Gasteiger partial charge is 0.373 e. The highest BCUT2D eigenvalue weighted by atomic mass is 35.5. The lowest BCUT2D eigenvalue weighted by Gasteiger charge is -2.18. The quantitative estimate of drug-likeness (QED) is 0.712. The number of nitrogens with one attached hydrogen (secondary N) is 1. The van der Waals surface area contributed by atoms with Crippen LogP contribution in [0.3, 0.4) is 0 Å². The molecule has 0 unspecified atom stereocenters. The zero-order chi connectivity index (χ0) is 16.5. The molecule has 0 spiro atoms. The Labute approximate surface area is 150 Å². The maximum absolute atomic E-state index is 6.43. The molecule has 1 aliphatic rings. The number of fused-ring (bicyclic) bond motifs is 1. The summed E-state index contributed by atoms with van der Waals surface area (Å²) in [5.74, 6) is 0. The molecule has 3 nitrogen and oxygen atoms in total. The standard InChI is InChI=1S/C19H15Cl2N3/c20-16-6-2-1-5-15(16)18-14(11-24-9-8-22-12-24)10-13-4-3-7-17(21)19(13)23-18/h1-10,22H,11-12H2. The van der Waals surface area contributed by atoms with Crippen LogP contribution in [0.4, 0.5) is 0 Å². The number of pyridine rings is 1. The van der Waals surface area contributed by atoms with Gasteiger partial charge in [0.2, 0.25) is 0 Å². The summed E-state index contributed by atoms with van der Waals surface area (Å²) < 4.78 is 0. The van der Waals surface area contributed by atoms with E-state index in [2.05, 4.69) is 16.3 Å². The van der Waals surface area contributed by atoms with E-state index in [4.69, 9.17) is 28.2 Å². The smallest absolute Gasteiger partial charge is 0.0895 e. The SMILES string of the molecule is Clc1ccccc1-c1nc2c(Cl)cccc2cc1CN1C=CNC1. The topological polar surface area (TPSA) is 28.2 Å². The highest BCUT2D eigenvalue weighted by Gasteiger charge is 2.15. The monoisotopic (exact) mass is 355 g/mol. The summed E-state index contributed by atoms with van der Waals surface area (Å²) in [5, 5.41) is 5.56. The molecule has 0 aliphatic carbocycles. The molecule has 0 saturated carbocycles. The van der Waals surface area contributed by atoms with Crippen molar-refractivity contribution in [3.8, 4) is 11.3 Å². The molecule has 0 amide bonds. The summed E-state index contributed by atoms with van der Waals surface area (Å²) in [6.07, 6.45) is 3.99. The molecule has 24 heavy (non-hydrogen) atoms. The lowest BCUT2D eigenvalue weighted by molar-refractivity contribution is 0.385. The number of aromatic nitrogens is 1. The molecule has 1 aliphatic heterocycles. The molecule has 0 radical (unpaired) electrons. The lowest BCUT2D eigenvalue weighted by atomic mass is 10.0. The highest BCUT2D eigenvalue weighted by Crippen LogP contribution is 2.33. The van der Waals surface area contributed by atoms with Gasteiger partial charge in [0.15, 0.2) is 0 Å². The lowest BCUT2D eigenvalue weighted by Crippen LogP contribution is -2.20. The molecule has 4 rings (SSSR count). The third-order valence-corrected chi connectivity index (χ3v) is 4.71. The van der Waals surface area contributed by atoms with Crippen LogP contribution in [0.1, 0.15) is 5.56 Å². The van der Waals surface area contributed by atoms with Gasteiger partial charge in [0.05, 0.1) is 22.9 Å². The fourth-order valence-corrected chi connectivity index (χ4v) is 3.37. The normalized spacial score (nSPS) is 13.5. The van der Waals surface area contributed by atoms with Gasteiger partial charge in [-0.1, -0.05) is 53.5 Å². The Morgan fingerprint density at radius 1 is 1.04 bits per heavy atom. The Balaban J connectivity index is 1.92. The van der Waals surface area contributed by atoms with E-state index in [0.29, 0.717) is 10.0 Å². The molecule has 1 aromatic heterocycles. The molecule has 0 atom stereocenters. The molecule has 0 saturated heterocycles. The molecule has 2 heterocycles. The van der Waals surface area contributed by atoms with Gasteiger partial charge in [-0.05, 0) is 23.8 Å². The number of halogens is 2. The number of benzene rings is 2. The van der Waals surface area contributed by atoms with Gasteiger partial charge in [-0.15, -0.1) is 0 Å². The van der Waals surface area contributed by atoms with Gasteiger partial charge >= 0.3 is 0 Å². The molecule has 3 aromatic rings. The summed E-state index contributed by atoms with van der Waals surface area (Å²) in [4.78, 5) is 7.05. The third-order valence-electron chi connectivity index (χ3n) is 4.08. The van der Waals surface area contributed by atoms with Gasteiger partial charge in [0.25, 0.3) is 0 Å². The molecular formula is C19H15Cl2N3. The van der Waals surface area contributed by atoms with Crippen molar-refractivity contribution in [2.24, 2.45) is 0 Å². The maximum Gasteiger partial charge on any atom is 0.0895 e. The first-order valence-electron chi connectivity index (χ1n) is 7.69. The minimum Gasteiger partial charge on any atom is -0.373 e. The summed E-state index contributed by atoms with van der Waals surface area (Å²) in [6, 6.07) is 15.8. The second-order valence-corrected chi connectivity index (χ2v) is 6.53. The first-order valence-corrected chi connectivity index (χ1v) is 8.45. The van der Waals surface area contributed by atoms with Gasteiger partial charge < -0.3 is 10.2 Å². The van der Waals surface area contributed by atoms with E-state index < -0.39 is 0 Å². The maximum atomic E-state index is 6.43. The third kappa shape index (κ3) is 2.81. The van der Waals surface area contributed by atoms with Crippen molar-refractivity contribution in [3.63, 3.8) is 0 Å². The number of hydrogen-bond acceptors (Lipinski definition) is 3. The Kier molecular flexibility index (Phi) is 4.05. The van der Waals surface area contributed by atoms with Crippen LogP contribution >= 0.6 is 23.2 Å². The average Bonchev–Trinajstić information content (AvgIpc) is 3.08. The average molecular weight is 356 g/mol. The van der Waals surface area contributed by atoms with Gasteiger partial charge in [0.1, 0.15) is 0 Å². The minimum absolute atomic E-state index is 0.648. The minimum atomic E-state index is 0.648. The molecular weight excluding hydrogens is 341 g/mol.